The number of rotatable bonds is 4. The van der Waals surface area contributed by atoms with Gasteiger partial charge in [-0.25, -0.2) is 0 Å². The van der Waals surface area contributed by atoms with Crippen molar-refractivity contribution in [3.63, 3.8) is 0 Å². The molecule has 1 N–H and O–H groups in total. The van der Waals surface area contributed by atoms with Crippen LogP contribution in [-0.2, 0) is 9.59 Å². The fourth-order valence-corrected chi connectivity index (χ4v) is 3.50. The molecular formula is C22H27N3O2. The molecule has 0 spiro atoms. The van der Waals surface area contributed by atoms with Crippen LogP contribution in [0.25, 0.3) is 0 Å². The fraction of sp³-hybridized carbons (Fsp3) is 0.364. The molecule has 5 nitrogen and oxygen atoms in total. The zero-order valence-electron chi connectivity index (χ0n) is 16.2. The van der Waals surface area contributed by atoms with Crippen molar-refractivity contribution in [2.24, 2.45) is 0 Å². The Kier molecular flexibility index (Phi) is 5.91. The first-order valence-corrected chi connectivity index (χ1v) is 9.34. The van der Waals surface area contributed by atoms with Crippen LogP contribution in [-0.4, -0.2) is 48.3 Å². The Morgan fingerprint density at radius 1 is 1.04 bits per heavy atom. The van der Waals surface area contributed by atoms with Gasteiger partial charge in [0.25, 0.3) is 0 Å². The van der Waals surface area contributed by atoms with E-state index in [0.29, 0.717) is 6.54 Å². The van der Waals surface area contributed by atoms with E-state index in [1.54, 1.807) is 0 Å². The third-order valence-electron chi connectivity index (χ3n) is 5.28. The lowest BCUT2D eigenvalue weighted by Gasteiger charge is -2.40. The zero-order chi connectivity index (χ0) is 19.4. The summed E-state index contributed by atoms with van der Waals surface area (Å²) in [6.45, 7) is 6.19. The molecule has 0 aliphatic carbocycles. The Balaban J connectivity index is 1.70. The number of amides is 2. The first-order valence-electron chi connectivity index (χ1n) is 9.34. The summed E-state index contributed by atoms with van der Waals surface area (Å²) in [5.74, 6) is -0.390. The molecule has 27 heavy (non-hydrogen) atoms. The lowest BCUT2D eigenvalue weighted by atomic mass is 10.0. The smallest absolute Gasteiger partial charge is 0.233 e. The van der Waals surface area contributed by atoms with Crippen molar-refractivity contribution in [1.29, 1.82) is 0 Å². The highest BCUT2D eigenvalue weighted by Crippen LogP contribution is 2.26. The van der Waals surface area contributed by atoms with Gasteiger partial charge in [0, 0.05) is 25.3 Å². The van der Waals surface area contributed by atoms with Gasteiger partial charge in [0.05, 0.1) is 6.04 Å². The lowest BCUT2D eigenvalue weighted by molar-refractivity contribution is -0.138. The molecule has 3 rings (SSSR count). The van der Waals surface area contributed by atoms with Gasteiger partial charge in [0.15, 0.2) is 0 Å². The van der Waals surface area contributed by atoms with Gasteiger partial charge in [-0.3, -0.25) is 9.59 Å². The van der Waals surface area contributed by atoms with E-state index in [1.807, 2.05) is 67.3 Å². The van der Waals surface area contributed by atoms with Crippen LogP contribution >= 0.6 is 0 Å². The summed E-state index contributed by atoms with van der Waals surface area (Å²) in [6.07, 6.45) is -0.138. The number of benzene rings is 2. The first-order chi connectivity index (χ1) is 13.0. The molecule has 2 aromatic rings. The predicted molar refractivity (Wildman–Crippen MR) is 108 cm³/mol. The van der Waals surface area contributed by atoms with Crippen molar-refractivity contribution in [2.75, 3.05) is 32.0 Å². The van der Waals surface area contributed by atoms with E-state index in [-0.39, 0.29) is 24.3 Å². The second-order valence-corrected chi connectivity index (χ2v) is 7.25. The van der Waals surface area contributed by atoms with E-state index in [0.717, 1.165) is 35.5 Å². The minimum absolute atomic E-state index is 0.0223. The van der Waals surface area contributed by atoms with Crippen LogP contribution in [0.15, 0.2) is 48.5 Å². The molecule has 1 aliphatic rings. The monoisotopic (exact) mass is 365 g/mol. The van der Waals surface area contributed by atoms with E-state index in [4.69, 9.17) is 0 Å². The SMILES string of the molecule is Cc1cccc(NC(=O)CC(=O)N2CCN(C)CC2c2ccccc2)c1C. The zero-order valence-corrected chi connectivity index (χ0v) is 16.2. The van der Waals surface area contributed by atoms with Crippen LogP contribution in [0.2, 0.25) is 0 Å². The van der Waals surface area contributed by atoms with Gasteiger partial charge in [-0.05, 0) is 43.7 Å². The van der Waals surface area contributed by atoms with Gasteiger partial charge in [0.1, 0.15) is 6.42 Å². The maximum Gasteiger partial charge on any atom is 0.233 e. The van der Waals surface area contributed by atoms with Crippen molar-refractivity contribution >= 4 is 17.5 Å². The number of aryl methyl sites for hydroxylation is 1. The third-order valence-corrected chi connectivity index (χ3v) is 5.28. The molecule has 1 unspecified atom stereocenters. The van der Waals surface area contributed by atoms with Crippen LogP contribution in [0.5, 0.6) is 0 Å². The number of hydrogen-bond acceptors (Lipinski definition) is 3. The number of nitrogens with one attached hydrogen (secondary N) is 1. The van der Waals surface area contributed by atoms with Crippen molar-refractivity contribution in [1.82, 2.24) is 9.80 Å². The largest absolute Gasteiger partial charge is 0.333 e. The molecule has 2 aromatic carbocycles. The number of hydrogen-bond donors (Lipinski definition) is 1. The van der Waals surface area contributed by atoms with Gasteiger partial charge in [0.2, 0.25) is 11.8 Å². The van der Waals surface area contributed by atoms with Crippen LogP contribution in [0.3, 0.4) is 0 Å². The molecule has 2 amide bonds. The van der Waals surface area contributed by atoms with Crippen molar-refractivity contribution in [3.8, 4) is 0 Å². The molecule has 1 aliphatic heterocycles. The topological polar surface area (TPSA) is 52.7 Å². The number of nitrogens with zero attached hydrogens (tertiary/aromatic N) is 2. The molecule has 142 valence electrons. The average molecular weight is 365 g/mol. The normalized spacial score (nSPS) is 17.6. The van der Waals surface area contributed by atoms with Gasteiger partial charge >= 0.3 is 0 Å². The van der Waals surface area contributed by atoms with Crippen molar-refractivity contribution < 1.29 is 9.59 Å². The maximum atomic E-state index is 12.9. The van der Waals surface area contributed by atoms with E-state index in [2.05, 4.69) is 17.3 Å². The highest BCUT2D eigenvalue weighted by atomic mass is 16.2. The molecule has 1 fully saturated rings. The molecule has 1 saturated heterocycles. The standard InChI is InChI=1S/C22H27N3O2/c1-16-8-7-11-19(17(16)2)23-21(26)14-22(27)25-13-12-24(3)15-20(25)18-9-5-4-6-10-18/h4-11,20H,12-15H2,1-3H3,(H,23,26). The Labute approximate surface area is 161 Å². The van der Waals surface area contributed by atoms with Crippen molar-refractivity contribution in [3.05, 3.63) is 65.2 Å². The number of anilines is 1. The Morgan fingerprint density at radius 3 is 2.52 bits per heavy atom. The van der Waals surface area contributed by atoms with E-state index in [1.165, 1.54) is 0 Å². The van der Waals surface area contributed by atoms with Crippen LogP contribution < -0.4 is 5.32 Å². The Bertz CT molecular complexity index is 820. The minimum atomic E-state index is -0.264. The Hall–Kier alpha value is -2.66. The summed E-state index contributed by atoms with van der Waals surface area (Å²) >= 11 is 0. The summed E-state index contributed by atoms with van der Waals surface area (Å²) in [5.41, 5.74) is 4.01. The van der Waals surface area contributed by atoms with Crippen molar-refractivity contribution in [2.45, 2.75) is 26.3 Å². The molecule has 1 atom stereocenters. The van der Waals surface area contributed by atoms with Gasteiger partial charge < -0.3 is 15.1 Å². The molecule has 0 saturated carbocycles. The summed E-state index contributed by atoms with van der Waals surface area (Å²) in [6, 6.07) is 15.8. The lowest BCUT2D eigenvalue weighted by Crippen LogP contribution is -2.49. The van der Waals surface area contributed by atoms with Crippen LogP contribution in [0.4, 0.5) is 5.69 Å². The fourth-order valence-electron chi connectivity index (χ4n) is 3.50. The van der Waals surface area contributed by atoms with E-state index < -0.39 is 0 Å². The van der Waals surface area contributed by atoms with Gasteiger partial charge in [-0.1, -0.05) is 42.5 Å². The summed E-state index contributed by atoms with van der Waals surface area (Å²) in [4.78, 5) is 29.4. The second-order valence-electron chi connectivity index (χ2n) is 7.25. The molecule has 5 heteroatoms. The number of carbonyl (C=O) groups excluding carboxylic acids is 2. The highest BCUT2D eigenvalue weighted by Gasteiger charge is 2.31. The molecule has 1 heterocycles. The quantitative estimate of drug-likeness (QED) is 0.847. The second kappa shape index (κ2) is 8.35. The van der Waals surface area contributed by atoms with E-state index in [9.17, 15) is 9.59 Å². The van der Waals surface area contributed by atoms with E-state index >= 15 is 0 Å². The summed E-state index contributed by atoms with van der Waals surface area (Å²) in [5, 5.41) is 2.89. The highest BCUT2D eigenvalue weighted by molar-refractivity contribution is 6.04. The summed E-state index contributed by atoms with van der Waals surface area (Å²) < 4.78 is 0. The van der Waals surface area contributed by atoms with Gasteiger partial charge in [-0.2, -0.15) is 0 Å². The average Bonchev–Trinajstić information content (AvgIpc) is 2.66. The summed E-state index contributed by atoms with van der Waals surface area (Å²) in [7, 11) is 2.06. The molecule has 0 radical (unpaired) electrons. The predicted octanol–water partition coefficient (Wildman–Crippen LogP) is 3.15. The third kappa shape index (κ3) is 4.55. The first kappa shape index (κ1) is 19.1. The van der Waals surface area contributed by atoms with Crippen LogP contribution in [0.1, 0.15) is 29.2 Å². The maximum absolute atomic E-state index is 12.9. The minimum Gasteiger partial charge on any atom is -0.333 e. The number of likely N-dealkylation sites (N-methyl/N-ethyl adjacent to an activating group) is 1. The Morgan fingerprint density at radius 2 is 1.78 bits per heavy atom. The molecule has 0 aromatic heterocycles. The van der Waals surface area contributed by atoms with Gasteiger partial charge in [-0.15, -0.1) is 0 Å². The number of piperazine rings is 1. The number of carbonyl (C=O) groups is 2. The molecule has 0 bridgehead atoms. The van der Waals surface area contributed by atoms with Crippen LogP contribution in [0, 0.1) is 13.8 Å². The molecular weight excluding hydrogens is 338 g/mol.